The molecule has 11 nitrogen and oxygen atoms in total. The number of imide groups is 1. The van der Waals surface area contributed by atoms with Crippen molar-refractivity contribution in [3.63, 3.8) is 0 Å². The Hall–Kier alpha value is -2.60. The first-order chi connectivity index (χ1) is 17.9. The molecule has 204 valence electrons. The summed E-state index contributed by atoms with van der Waals surface area (Å²) in [6, 6.07) is 0. The minimum absolute atomic E-state index is 0.0882. The second-order valence-electron chi connectivity index (χ2n) is 10.3. The van der Waals surface area contributed by atoms with Gasteiger partial charge in [-0.3, -0.25) is 24.2 Å². The Kier molecular flexibility index (Phi) is 9.84. The molecule has 3 fully saturated rings. The topological polar surface area (TPSA) is 114 Å². The molecule has 11 heteroatoms. The van der Waals surface area contributed by atoms with E-state index in [1.807, 2.05) is 12.2 Å². The molecular weight excluding hydrogens is 478 g/mol. The van der Waals surface area contributed by atoms with Gasteiger partial charge >= 0.3 is 11.9 Å². The van der Waals surface area contributed by atoms with Crippen LogP contribution in [0, 0.1) is 5.92 Å². The van der Waals surface area contributed by atoms with Crippen molar-refractivity contribution in [3.8, 4) is 0 Å². The maximum atomic E-state index is 12.5. The number of carboxylic acids is 1. The number of carbonyl (C=O) groups excluding carboxylic acids is 3. The number of amides is 2. The number of carboxylic acid groups (broad SMARTS) is 1. The molecule has 3 aliphatic heterocycles. The lowest BCUT2D eigenvalue weighted by molar-refractivity contribution is -0.199. The van der Waals surface area contributed by atoms with Crippen molar-refractivity contribution in [3.05, 3.63) is 23.8 Å². The van der Waals surface area contributed by atoms with Crippen molar-refractivity contribution in [2.45, 2.75) is 32.1 Å². The first-order valence-corrected chi connectivity index (χ1v) is 13.4. The van der Waals surface area contributed by atoms with Crippen molar-refractivity contribution in [2.24, 2.45) is 5.92 Å². The van der Waals surface area contributed by atoms with E-state index in [0.29, 0.717) is 11.5 Å². The molecule has 3 saturated heterocycles. The molecule has 3 atom stereocenters. The molecule has 2 amide bonds. The van der Waals surface area contributed by atoms with Crippen molar-refractivity contribution in [2.75, 3.05) is 78.5 Å². The van der Waals surface area contributed by atoms with Gasteiger partial charge in [0, 0.05) is 65.2 Å². The van der Waals surface area contributed by atoms with E-state index in [2.05, 4.69) is 25.7 Å². The van der Waals surface area contributed by atoms with E-state index in [1.165, 1.54) is 0 Å². The van der Waals surface area contributed by atoms with Gasteiger partial charge in [0.15, 0.2) is 0 Å². The lowest BCUT2D eigenvalue weighted by Crippen LogP contribution is -2.47. The third kappa shape index (κ3) is 8.19. The Bertz CT molecular complexity index is 905. The second-order valence-corrected chi connectivity index (χ2v) is 10.3. The van der Waals surface area contributed by atoms with Crippen LogP contribution in [-0.4, -0.2) is 132 Å². The third-order valence-electron chi connectivity index (χ3n) is 7.53. The molecule has 0 radical (unpaired) electrons. The SMILES string of the molecule is O=C(O)CN1CCCN2CCN(CCCN(CC3=CCC(C(=O)ON4C(=O)CCC4=O)C=C3)CC2)CC1. The van der Waals surface area contributed by atoms with Gasteiger partial charge in [0.1, 0.15) is 0 Å². The van der Waals surface area contributed by atoms with E-state index < -0.39 is 29.7 Å². The van der Waals surface area contributed by atoms with Crippen molar-refractivity contribution < 1.29 is 29.1 Å². The minimum atomic E-state index is -0.761. The van der Waals surface area contributed by atoms with Gasteiger partial charge in [0.05, 0.1) is 12.5 Å². The van der Waals surface area contributed by atoms with Crippen LogP contribution in [-0.2, 0) is 24.0 Å². The molecule has 37 heavy (non-hydrogen) atoms. The zero-order valence-corrected chi connectivity index (χ0v) is 21.6. The maximum Gasteiger partial charge on any atom is 0.340 e. The molecule has 0 aromatic heterocycles. The molecule has 1 N–H and O–H groups in total. The zero-order chi connectivity index (χ0) is 26.2. The molecule has 4 aliphatic rings. The van der Waals surface area contributed by atoms with Gasteiger partial charge in [-0.15, -0.1) is 5.06 Å². The summed E-state index contributed by atoms with van der Waals surface area (Å²) in [6.45, 7) is 10.3. The van der Waals surface area contributed by atoms with Gasteiger partial charge in [-0.25, -0.2) is 4.79 Å². The van der Waals surface area contributed by atoms with Crippen molar-refractivity contribution >= 4 is 23.8 Å². The molecule has 3 heterocycles. The van der Waals surface area contributed by atoms with Crippen molar-refractivity contribution in [1.82, 2.24) is 24.7 Å². The summed E-state index contributed by atoms with van der Waals surface area (Å²) in [6.07, 6.45) is 8.50. The highest BCUT2D eigenvalue weighted by Gasteiger charge is 2.34. The molecule has 4 rings (SSSR count). The first-order valence-electron chi connectivity index (χ1n) is 13.4. The van der Waals surface area contributed by atoms with Crippen LogP contribution in [0.1, 0.15) is 32.1 Å². The number of hydroxylamine groups is 2. The smallest absolute Gasteiger partial charge is 0.340 e. The normalized spacial score (nSPS) is 28.7. The molecule has 0 aromatic carbocycles. The number of hydrogen-bond donors (Lipinski definition) is 1. The Morgan fingerprint density at radius 3 is 2.03 bits per heavy atom. The summed E-state index contributed by atoms with van der Waals surface area (Å²) in [5.41, 5.74) is 1.16. The van der Waals surface area contributed by atoms with E-state index in [1.54, 1.807) is 0 Å². The van der Waals surface area contributed by atoms with Gasteiger partial charge < -0.3 is 19.7 Å². The molecule has 2 bridgehead atoms. The highest BCUT2D eigenvalue weighted by Crippen LogP contribution is 2.21. The predicted octanol–water partition coefficient (Wildman–Crippen LogP) is 0.196. The van der Waals surface area contributed by atoms with Crippen LogP contribution in [0.25, 0.3) is 0 Å². The largest absolute Gasteiger partial charge is 0.480 e. The standard InChI is InChI=1S/C26H39N5O6/c32-23-7-8-24(33)31(23)37-26(36)22-5-3-21(4-6-22)19-29-11-1-9-28-14-13-27(15-17-29)10-2-12-30(18-16-28)20-25(34)35/h3-5,22H,1-2,6-20H2,(H,34,35). The third-order valence-corrected chi connectivity index (χ3v) is 7.53. The van der Waals surface area contributed by atoms with Crippen molar-refractivity contribution in [1.29, 1.82) is 0 Å². The highest BCUT2D eigenvalue weighted by molar-refractivity contribution is 6.01. The fraction of sp³-hybridized carbons (Fsp3) is 0.692. The average Bonchev–Trinajstić information content (AvgIpc) is 3.19. The van der Waals surface area contributed by atoms with E-state index in [4.69, 9.17) is 4.84 Å². The average molecular weight is 518 g/mol. The first kappa shape index (κ1) is 27.4. The Morgan fingerprint density at radius 2 is 1.43 bits per heavy atom. The second kappa shape index (κ2) is 13.3. The van der Waals surface area contributed by atoms with Gasteiger partial charge in [-0.2, -0.15) is 0 Å². The van der Waals surface area contributed by atoms with Gasteiger partial charge in [-0.1, -0.05) is 18.2 Å². The van der Waals surface area contributed by atoms with Crippen LogP contribution in [0.15, 0.2) is 23.8 Å². The Labute approximate surface area is 218 Å². The maximum absolute atomic E-state index is 12.5. The predicted molar refractivity (Wildman–Crippen MR) is 135 cm³/mol. The molecule has 3 unspecified atom stereocenters. The molecule has 0 aromatic rings. The summed E-state index contributed by atoms with van der Waals surface area (Å²) in [5, 5.41) is 9.83. The lowest BCUT2D eigenvalue weighted by Gasteiger charge is -2.35. The number of fused-ring (bicyclic) bond motifs is 3. The number of nitrogens with zero attached hydrogens (tertiary/aromatic N) is 5. The minimum Gasteiger partial charge on any atom is -0.480 e. The summed E-state index contributed by atoms with van der Waals surface area (Å²) in [4.78, 5) is 61.7. The fourth-order valence-corrected chi connectivity index (χ4v) is 5.32. The van der Waals surface area contributed by atoms with E-state index >= 15 is 0 Å². The molecule has 0 spiro atoms. The van der Waals surface area contributed by atoms with Crippen LogP contribution in [0.4, 0.5) is 0 Å². The molecule has 0 saturated carbocycles. The lowest BCUT2D eigenvalue weighted by atomic mass is 9.96. The van der Waals surface area contributed by atoms with Crippen LogP contribution in [0.2, 0.25) is 0 Å². The Balaban J connectivity index is 1.28. The highest BCUT2D eigenvalue weighted by atomic mass is 16.7. The van der Waals surface area contributed by atoms with Crippen LogP contribution in [0.3, 0.4) is 0 Å². The number of hydrogen-bond acceptors (Lipinski definition) is 9. The van der Waals surface area contributed by atoms with E-state index in [0.717, 1.165) is 90.4 Å². The van der Waals surface area contributed by atoms with Gasteiger partial charge in [-0.05, 0) is 44.5 Å². The van der Waals surface area contributed by atoms with E-state index in [-0.39, 0.29) is 19.4 Å². The molecule has 1 aliphatic carbocycles. The fourth-order valence-electron chi connectivity index (χ4n) is 5.32. The Morgan fingerprint density at radius 1 is 0.838 bits per heavy atom. The summed E-state index contributed by atoms with van der Waals surface area (Å²) in [5.74, 6) is -2.76. The zero-order valence-electron chi connectivity index (χ0n) is 21.6. The number of allylic oxidation sites excluding steroid dienone is 1. The summed E-state index contributed by atoms with van der Waals surface area (Å²) in [7, 11) is 0. The quantitative estimate of drug-likeness (QED) is 0.490. The van der Waals surface area contributed by atoms with Gasteiger partial charge in [0.25, 0.3) is 11.8 Å². The van der Waals surface area contributed by atoms with Crippen LogP contribution in [0.5, 0.6) is 0 Å². The number of aliphatic carboxylic acids is 1. The number of rotatable bonds is 6. The summed E-state index contributed by atoms with van der Waals surface area (Å²) >= 11 is 0. The van der Waals surface area contributed by atoms with Gasteiger partial charge in [0.2, 0.25) is 0 Å². The number of carbonyl (C=O) groups is 4. The molecular formula is C26H39N5O6. The van der Waals surface area contributed by atoms with E-state index in [9.17, 15) is 24.3 Å². The summed E-state index contributed by atoms with van der Waals surface area (Å²) < 4.78 is 0. The van der Waals surface area contributed by atoms with Crippen LogP contribution < -0.4 is 0 Å². The monoisotopic (exact) mass is 517 g/mol. The van der Waals surface area contributed by atoms with Crippen LogP contribution >= 0.6 is 0 Å².